The normalized spacial score (nSPS) is 12.2. The van der Waals surface area contributed by atoms with E-state index >= 15 is 0 Å². The number of hydrogen-bond acceptors (Lipinski definition) is 2. The fourth-order valence-electron chi connectivity index (χ4n) is 1.77. The number of rotatable bonds is 7. The second-order valence-corrected chi connectivity index (χ2v) is 4.74. The van der Waals surface area contributed by atoms with Crippen LogP contribution in [0.25, 0.3) is 0 Å². The molecule has 0 aliphatic rings. The van der Waals surface area contributed by atoms with Crippen molar-refractivity contribution in [3.8, 4) is 11.5 Å². The Morgan fingerprint density at radius 3 is 2.47 bits per heavy atom. The summed E-state index contributed by atoms with van der Waals surface area (Å²) in [7, 11) is 0. The van der Waals surface area contributed by atoms with Crippen molar-refractivity contribution < 1.29 is 9.47 Å². The molecule has 0 fully saturated rings. The highest BCUT2D eigenvalue weighted by Crippen LogP contribution is 2.32. The highest BCUT2D eigenvalue weighted by molar-refractivity contribution is 9.09. The lowest BCUT2D eigenvalue weighted by Crippen LogP contribution is -2.02. The molecule has 17 heavy (non-hydrogen) atoms. The Hall–Kier alpha value is -0.700. The van der Waals surface area contributed by atoms with Gasteiger partial charge in [-0.2, -0.15) is 0 Å². The lowest BCUT2D eigenvalue weighted by molar-refractivity contribution is 0.325. The van der Waals surface area contributed by atoms with Gasteiger partial charge >= 0.3 is 0 Å². The number of ether oxygens (including phenoxy) is 2. The first-order valence-electron chi connectivity index (χ1n) is 6.18. The Morgan fingerprint density at radius 1 is 1.18 bits per heavy atom. The first kappa shape index (κ1) is 14.4. The van der Waals surface area contributed by atoms with Gasteiger partial charge < -0.3 is 9.47 Å². The Morgan fingerprint density at radius 2 is 1.88 bits per heavy atom. The van der Waals surface area contributed by atoms with E-state index in [1.807, 2.05) is 26.0 Å². The van der Waals surface area contributed by atoms with Crippen LogP contribution in [-0.4, -0.2) is 18.5 Å². The SMILES string of the molecule is CCOc1ccc(OCC)c(C(C)CCBr)c1. The Bertz CT molecular complexity index is 339. The molecule has 0 bridgehead atoms. The molecule has 1 atom stereocenters. The topological polar surface area (TPSA) is 18.5 Å². The van der Waals surface area contributed by atoms with Gasteiger partial charge in [0.15, 0.2) is 0 Å². The van der Waals surface area contributed by atoms with E-state index in [2.05, 4.69) is 28.9 Å². The highest BCUT2D eigenvalue weighted by Gasteiger charge is 2.12. The van der Waals surface area contributed by atoms with Crippen LogP contribution in [0, 0.1) is 0 Å². The average Bonchev–Trinajstić information content (AvgIpc) is 2.32. The molecule has 0 saturated heterocycles. The van der Waals surface area contributed by atoms with Crippen molar-refractivity contribution in [2.75, 3.05) is 18.5 Å². The van der Waals surface area contributed by atoms with Gasteiger partial charge in [-0.3, -0.25) is 0 Å². The number of benzene rings is 1. The van der Waals surface area contributed by atoms with Crippen LogP contribution in [0.2, 0.25) is 0 Å². The molecule has 2 nitrogen and oxygen atoms in total. The van der Waals surface area contributed by atoms with Gasteiger partial charge in [-0.25, -0.2) is 0 Å². The molecule has 0 N–H and O–H groups in total. The van der Waals surface area contributed by atoms with Gasteiger partial charge in [-0.1, -0.05) is 22.9 Å². The van der Waals surface area contributed by atoms with E-state index < -0.39 is 0 Å². The third-order valence-corrected chi connectivity index (χ3v) is 3.12. The van der Waals surface area contributed by atoms with E-state index in [4.69, 9.17) is 9.47 Å². The smallest absolute Gasteiger partial charge is 0.123 e. The summed E-state index contributed by atoms with van der Waals surface area (Å²) >= 11 is 3.49. The molecular weight excluding hydrogens is 280 g/mol. The minimum atomic E-state index is 0.469. The summed E-state index contributed by atoms with van der Waals surface area (Å²) in [5.41, 5.74) is 1.23. The van der Waals surface area contributed by atoms with Gasteiger partial charge in [-0.15, -0.1) is 0 Å². The van der Waals surface area contributed by atoms with Crippen molar-refractivity contribution in [1.29, 1.82) is 0 Å². The lowest BCUT2D eigenvalue weighted by Gasteiger charge is -2.17. The third kappa shape index (κ3) is 4.23. The second kappa shape index (κ2) is 7.59. The van der Waals surface area contributed by atoms with Gasteiger partial charge in [-0.05, 0) is 44.4 Å². The summed E-state index contributed by atoms with van der Waals surface area (Å²) in [6, 6.07) is 6.08. The summed E-state index contributed by atoms with van der Waals surface area (Å²) in [6.45, 7) is 7.62. The fourth-order valence-corrected chi connectivity index (χ4v) is 2.46. The van der Waals surface area contributed by atoms with Crippen LogP contribution in [0.1, 0.15) is 38.7 Å². The van der Waals surface area contributed by atoms with E-state index in [1.54, 1.807) is 0 Å². The van der Waals surface area contributed by atoms with Crippen molar-refractivity contribution in [3.05, 3.63) is 23.8 Å². The first-order valence-corrected chi connectivity index (χ1v) is 7.30. The maximum Gasteiger partial charge on any atom is 0.123 e. The van der Waals surface area contributed by atoms with Crippen molar-refractivity contribution in [1.82, 2.24) is 0 Å². The highest BCUT2D eigenvalue weighted by atomic mass is 79.9. The van der Waals surface area contributed by atoms with Gasteiger partial charge in [0.2, 0.25) is 0 Å². The van der Waals surface area contributed by atoms with Crippen molar-refractivity contribution in [3.63, 3.8) is 0 Å². The molecule has 1 rings (SSSR count). The molecule has 3 heteroatoms. The zero-order valence-electron chi connectivity index (χ0n) is 10.8. The molecule has 0 radical (unpaired) electrons. The summed E-state index contributed by atoms with van der Waals surface area (Å²) in [5.74, 6) is 2.37. The fraction of sp³-hybridized carbons (Fsp3) is 0.571. The molecule has 96 valence electrons. The number of hydrogen-bond donors (Lipinski definition) is 0. The Labute approximate surface area is 112 Å². The molecule has 0 heterocycles. The van der Waals surface area contributed by atoms with Crippen LogP contribution < -0.4 is 9.47 Å². The minimum Gasteiger partial charge on any atom is -0.494 e. The quantitative estimate of drug-likeness (QED) is 0.696. The van der Waals surface area contributed by atoms with E-state index in [0.29, 0.717) is 19.1 Å². The first-order chi connectivity index (χ1) is 8.22. The van der Waals surface area contributed by atoms with Crippen LogP contribution in [0.3, 0.4) is 0 Å². The minimum absolute atomic E-state index is 0.469. The molecule has 0 saturated carbocycles. The molecule has 1 aromatic rings. The van der Waals surface area contributed by atoms with Gasteiger partial charge in [0.25, 0.3) is 0 Å². The van der Waals surface area contributed by atoms with Crippen molar-refractivity contribution >= 4 is 15.9 Å². The van der Waals surface area contributed by atoms with E-state index in [1.165, 1.54) is 5.56 Å². The van der Waals surface area contributed by atoms with Gasteiger partial charge in [0.1, 0.15) is 11.5 Å². The summed E-state index contributed by atoms with van der Waals surface area (Å²) in [4.78, 5) is 0. The van der Waals surface area contributed by atoms with Crippen molar-refractivity contribution in [2.24, 2.45) is 0 Å². The Kier molecular flexibility index (Phi) is 6.41. The van der Waals surface area contributed by atoms with Crippen molar-refractivity contribution in [2.45, 2.75) is 33.1 Å². The predicted molar refractivity (Wildman–Crippen MR) is 75.6 cm³/mol. The summed E-state index contributed by atoms with van der Waals surface area (Å²) < 4.78 is 11.2. The second-order valence-electron chi connectivity index (χ2n) is 3.94. The molecule has 0 aliphatic heterocycles. The van der Waals surface area contributed by atoms with Gasteiger partial charge in [0.05, 0.1) is 13.2 Å². The maximum absolute atomic E-state index is 5.67. The molecule has 1 unspecified atom stereocenters. The van der Waals surface area contributed by atoms with E-state index in [-0.39, 0.29) is 0 Å². The standard InChI is InChI=1S/C14H21BrO2/c1-4-16-12-6-7-14(17-5-2)13(10-12)11(3)8-9-15/h6-7,10-11H,4-5,8-9H2,1-3H3. The molecule has 0 amide bonds. The van der Waals surface area contributed by atoms with E-state index in [9.17, 15) is 0 Å². The van der Waals surface area contributed by atoms with Crippen LogP contribution in [0.4, 0.5) is 0 Å². The molecule has 0 spiro atoms. The number of alkyl halides is 1. The zero-order chi connectivity index (χ0) is 12.7. The molecule has 1 aromatic carbocycles. The predicted octanol–water partition coefficient (Wildman–Crippen LogP) is 4.37. The zero-order valence-corrected chi connectivity index (χ0v) is 12.4. The average molecular weight is 301 g/mol. The van der Waals surface area contributed by atoms with Gasteiger partial charge in [0, 0.05) is 10.9 Å². The maximum atomic E-state index is 5.67. The molecule has 0 aromatic heterocycles. The van der Waals surface area contributed by atoms with Crippen LogP contribution in [-0.2, 0) is 0 Å². The molecular formula is C14H21BrO2. The Balaban J connectivity index is 2.97. The van der Waals surface area contributed by atoms with Crippen LogP contribution in [0.15, 0.2) is 18.2 Å². The lowest BCUT2D eigenvalue weighted by atomic mass is 9.97. The van der Waals surface area contributed by atoms with Crippen LogP contribution in [0.5, 0.6) is 11.5 Å². The van der Waals surface area contributed by atoms with E-state index in [0.717, 1.165) is 23.2 Å². The third-order valence-electron chi connectivity index (χ3n) is 2.67. The summed E-state index contributed by atoms with van der Waals surface area (Å²) in [5, 5.41) is 0.999. The van der Waals surface area contributed by atoms with Crippen LogP contribution >= 0.6 is 15.9 Å². The largest absolute Gasteiger partial charge is 0.494 e. The number of halogens is 1. The monoisotopic (exact) mass is 300 g/mol. The molecule has 0 aliphatic carbocycles. The summed E-state index contributed by atoms with van der Waals surface area (Å²) in [6.07, 6.45) is 1.09.